The molecule has 2 rings (SSSR count). The molecule has 1 fully saturated rings. The topological polar surface area (TPSA) is 20.3 Å². The van der Waals surface area contributed by atoms with Gasteiger partial charge in [-0.2, -0.15) is 13.2 Å². The molecule has 0 N–H and O–H groups in total. The largest absolute Gasteiger partial charge is 0.416 e. The molecule has 1 aliphatic carbocycles. The van der Waals surface area contributed by atoms with Gasteiger partial charge in [-0.15, -0.1) is 11.8 Å². The van der Waals surface area contributed by atoms with Crippen molar-refractivity contribution >= 4 is 17.5 Å². The number of thioether (sulfide) groups is 1. The minimum absolute atomic E-state index is 0.220. The average Bonchev–Trinajstić information content (AvgIpc) is 3.38. The van der Waals surface area contributed by atoms with Crippen LogP contribution in [0.3, 0.4) is 0 Å². The van der Waals surface area contributed by atoms with Crippen LogP contribution in [0.4, 0.5) is 13.2 Å². The highest BCUT2D eigenvalue weighted by molar-refractivity contribution is 7.98. The molecule has 0 heterocycles. The zero-order valence-corrected chi connectivity index (χ0v) is 14.9. The lowest BCUT2D eigenvalue weighted by atomic mass is 10.1. The van der Waals surface area contributed by atoms with Gasteiger partial charge in [0.15, 0.2) is 5.78 Å². The summed E-state index contributed by atoms with van der Waals surface area (Å²) in [6.45, 7) is 5.70. The van der Waals surface area contributed by atoms with E-state index in [1.807, 2.05) is 13.8 Å². The fourth-order valence-corrected chi connectivity index (χ4v) is 3.35. The summed E-state index contributed by atoms with van der Waals surface area (Å²) in [4.78, 5) is 15.2. The summed E-state index contributed by atoms with van der Waals surface area (Å²) >= 11 is 1.16. The number of carbonyl (C=O) groups is 1. The summed E-state index contributed by atoms with van der Waals surface area (Å²) in [5.74, 6) is 0.183. The van der Waals surface area contributed by atoms with Crippen molar-refractivity contribution in [3.05, 3.63) is 41.1 Å². The summed E-state index contributed by atoms with van der Waals surface area (Å²) in [6, 6.07) is 3.33. The Bertz CT molecular complexity index is 632. The van der Waals surface area contributed by atoms with Gasteiger partial charge < -0.3 is 4.90 Å². The van der Waals surface area contributed by atoms with Crippen LogP contribution in [0.2, 0.25) is 0 Å². The van der Waals surface area contributed by atoms with Crippen LogP contribution in [0.1, 0.15) is 42.6 Å². The molecule has 0 bridgehead atoms. The number of alkyl halides is 3. The van der Waals surface area contributed by atoms with Gasteiger partial charge in [0.05, 0.1) is 5.56 Å². The third kappa shape index (κ3) is 4.35. The summed E-state index contributed by atoms with van der Waals surface area (Å²) in [6.07, 6.45) is 1.04. The molecule has 0 saturated heterocycles. The molecule has 0 atom stereocenters. The van der Waals surface area contributed by atoms with Crippen molar-refractivity contribution < 1.29 is 18.0 Å². The van der Waals surface area contributed by atoms with Crippen molar-refractivity contribution in [1.82, 2.24) is 4.90 Å². The summed E-state index contributed by atoms with van der Waals surface area (Å²) < 4.78 is 38.5. The van der Waals surface area contributed by atoms with E-state index in [-0.39, 0.29) is 5.78 Å². The minimum Gasteiger partial charge on any atom is -0.375 e. The Morgan fingerprint density at radius 1 is 1.29 bits per heavy atom. The zero-order valence-electron chi connectivity index (χ0n) is 14.1. The molecule has 2 nitrogen and oxygen atoms in total. The Balaban J connectivity index is 2.36. The lowest BCUT2D eigenvalue weighted by Crippen LogP contribution is -2.24. The highest BCUT2D eigenvalue weighted by Gasteiger charge is 2.32. The molecule has 0 amide bonds. The van der Waals surface area contributed by atoms with Crippen LogP contribution < -0.4 is 0 Å². The van der Waals surface area contributed by atoms with E-state index in [9.17, 15) is 18.0 Å². The molecule has 132 valence electrons. The number of hydrogen-bond acceptors (Lipinski definition) is 3. The quantitative estimate of drug-likeness (QED) is 0.378. The Morgan fingerprint density at radius 2 is 1.92 bits per heavy atom. The van der Waals surface area contributed by atoms with Crippen molar-refractivity contribution in [2.75, 3.05) is 19.3 Å². The van der Waals surface area contributed by atoms with E-state index in [0.717, 1.165) is 55.5 Å². The van der Waals surface area contributed by atoms with Crippen molar-refractivity contribution in [3.63, 3.8) is 0 Å². The third-order valence-corrected chi connectivity index (χ3v) is 4.98. The second kappa shape index (κ2) is 7.64. The third-order valence-electron chi connectivity index (χ3n) is 4.20. The minimum atomic E-state index is -4.40. The first-order valence-electron chi connectivity index (χ1n) is 8.07. The first-order valence-corrected chi connectivity index (χ1v) is 9.30. The number of carbonyl (C=O) groups excluding carboxylic acids is 1. The molecule has 1 aromatic rings. The Morgan fingerprint density at radius 3 is 2.38 bits per heavy atom. The van der Waals surface area contributed by atoms with Gasteiger partial charge in [-0.1, -0.05) is 0 Å². The molecule has 1 saturated carbocycles. The van der Waals surface area contributed by atoms with Gasteiger partial charge in [0.2, 0.25) is 0 Å². The first kappa shape index (κ1) is 18.9. The number of ketones is 1. The van der Waals surface area contributed by atoms with Crippen molar-refractivity contribution in [2.24, 2.45) is 5.92 Å². The fourth-order valence-electron chi connectivity index (χ4n) is 2.72. The van der Waals surface area contributed by atoms with Crippen molar-refractivity contribution in [1.29, 1.82) is 0 Å². The summed E-state index contributed by atoms with van der Waals surface area (Å²) in [5, 5.41) is 0. The molecule has 1 aromatic carbocycles. The van der Waals surface area contributed by atoms with Crippen LogP contribution in [0.15, 0.2) is 34.9 Å². The van der Waals surface area contributed by atoms with E-state index in [1.165, 1.54) is 6.07 Å². The molecular weight excluding hydrogens is 335 g/mol. The maximum atomic E-state index is 12.8. The predicted molar refractivity (Wildman–Crippen MR) is 91.3 cm³/mol. The smallest absolute Gasteiger partial charge is 0.375 e. The maximum Gasteiger partial charge on any atom is 0.416 e. The van der Waals surface area contributed by atoms with Gasteiger partial charge in [-0.05, 0) is 57.1 Å². The Kier molecular flexibility index (Phi) is 6.01. The summed E-state index contributed by atoms with van der Waals surface area (Å²) in [5.41, 5.74) is 0.622. The van der Waals surface area contributed by atoms with E-state index >= 15 is 0 Å². The van der Waals surface area contributed by atoms with Gasteiger partial charge >= 0.3 is 6.18 Å². The van der Waals surface area contributed by atoms with Crippen LogP contribution in [0, 0.1) is 5.92 Å². The van der Waals surface area contributed by atoms with Crippen molar-refractivity contribution in [2.45, 2.75) is 37.8 Å². The number of allylic oxidation sites excluding steroid dienone is 2. The average molecular weight is 357 g/mol. The SMILES string of the molecule is CCN(CC)C(=CC(=O)c1ccc(C(F)(F)F)cc1SC)C1CC1. The maximum absolute atomic E-state index is 12.8. The van der Waals surface area contributed by atoms with E-state index in [2.05, 4.69) is 4.90 Å². The molecule has 6 heteroatoms. The van der Waals surface area contributed by atoms with Crippen LogP contribution >= 0.6 is 11.8 Å². The molecule has 0 unspecified atom stereocenters. The van der Waals surface area contributed by atoms with Crippen molar-refractivity contribution in [3.8, 4) is 0 Å². The van der Waals surface area contributed by atoms with Crippen LogP contribution in [-0.2, 0) is 6.18 Å². The lowest BCUT2D eigenvalue weighted by molar-refractivity contribution is -0.137. The monoisotopic (exact) mass is 357 g/mol. The predicted octanol–water partition coefficient (Wildman–Crippen LogP) is 5.25. The van der Waals surface area contributed by atoms with Gasteiger partial charge in [-0.3, -0.25) is 4.79 Å². The van der Waals surface area contributed by atoms with Gasteiger partial charge in [0, 0.05) is 35.3 Å². The molecule has 0 aromatic heterocycles. The highest BCUT2D eigenvalue weighted by Crippen LogP contribution is 2.39. The normalized spacial score (nSPS) is 15.5. The van der Waals surface area contributed by atoms with Crippen LogP contribution in [-0.4, -0.2) is 30.0 Å². The fraction of sp³-hybridized carbons (Fsp3) is 0.500. The number of rotatable bonds is 7. The number of benzene rings is 1. The number of nitrogens with zero attached hydrogens (tertiary/aromatic N) is 1. The molecule has 1 aliphatic rings. The lowest BCUT2D eigenvalue weighted by Gasteiger charge is -2.24. The zero-order chi connectivity index (χ0) is 17.9. The number of halogens is 3. The highest BCUT2D eigenvalue weighted by atomic mass is 32.2. The molecular formula is C18H22F3NOS. The van der Waals surface area contributed by atoms with Gasteiger partial charge in [-0.25, -0.2) is 0 Å². The second-order valence-electron chi connectivity index (χ2n) is 5.79. The van der Waals surface area contributed by atoms with E-state index in [4.69, 9.17) is 0 Å². The van der Waals surface area contributed by atoms with Gasteiger partial charge in [0.1, 0.15) is 0 Å². The second-order valence-corrected chi connectivity index (χ2v) is 6.64. The van der Waals surface area contributed by atoms with E-state index < -0.39 is 11.7 Å². The van der Waals surface area contributed by atoms with E-state index in [0.29, 0.717) is 16.4 Å². The summed E-state index contributed by atoms with van der Waals surface area (Å²) in [7, 11) is 0. The standard InChI is InChI=1S/C18H22F3NOS/c1-4-22(5-2)15(12-6-7-12)11-16(23)14-9-8-13(18(19,20)21)10-17(14)24-3/h8-12H,4-7H2,1-3H3. The van der Waals surface area contributed by atoms with Crippen LogP contribution in [0.5, 0.6) is 0 Å². The van der Waals surface area contributed by atoms with Crippen LogP contribution in [0.25, 0.3) is 0 Å². The Hall–Kier alpha value is -1.43. The molecule has 0 aliphatic heterocycles. The number of hydrogen-bond donors (Lipinski definition) is 0. The Labute approximate surface area is 145 Å². The molecule has 0 spiro atoms. The van der Waals surface area contributed by atoms with E-state index in [1.54, 1.807) is 12.3 Å². The first-order chi connectivity index (χ1) is 11.3. The van der Waals surface area contributed by atoms with Gasteiger partial charge in [0.25, 0.3) is 0 Å². The molecule has 0 radical (unpaired) electrons. The molecule has 24 heavy (non-hydrogen) atoms.